The Kier molecular flexibility index (Phi) is 4.65. The largest absolute Gasteiger partial charge is 0.458 e. The zero-order valence-corrected chi connectivity index (χ0v) is 13.1. The Bertz CT molecular complexity index is 910. The molecular weight excluding hydrogens is 324 g/mol. The average molecular weight is 338 g/mol. The topological polar surface area (TPSA) is 121 Å². The van der Waals surface area contributed by atoms with Gasteiger partial charge in [0, 0.05) is 5.56 Å². The number of anilines is 1. The van der Waals surface area contributed by atoms with Gasteiger partial charge in [-0.1, -0.05) is 34.7 Å². The van der Waals surface area contributed by atoms with E-state index in [4.69, 9.17) is 14.9 Å². The van der Waals surface area contributed by atoms with Gasteiger partial charge in [-0.05, 0) is 34.7 Å². The number of aromatic nitrogens is 4. The van der Waals surface area contributed by atoms with E-state index < -0.39 is 5.97 Å². The number of ether oxygens (including phenoxy) is 1. The fourth-order valence-electron chi connectivity index (χ4n) is 1.95. The number of nitrogens with zero attached hydrogens (tertiary/aromatic N) is 5. The van der Waals surface area contributed by atoms with Crippen molar-refractivity contribution >= 4 is 18.1 Å². The van der Waals surface area contributed by atoms with Crippen molar-refractivity contribution in [2.24, 2.45) is 5.10 Å². The van der Waals surface area contributed by atoms with Crippen molar-refractivity contribution < 1.29 is 13.9 Å². The third-order valence-corrected chi connectivity index (χ3v) is 3.14. The van der Waals surface area contributed by atoms with Crippen molar-refractivity contribution in [2.45, 2.75) is 0 Å². The molecule has 0 spiro atoms. The van der Waals surface area contributed by atoms with E-state index in [0.717, 1.165) is 10.4 Å². The van der Waals surface area contributed by atoms with E-state index in [2.05, 4.69) is 27.2 Å². The highest BCUT2D eigenvalue weighted by molar-refractivity contribution is 5.90. The van der Waals surface area contributed by atoms with Crippen molar-refractivity contribution in [1.29, 1.82) is 0 Å². The zero-order valence-electron chi connectivity index (χ0n) is 13.1. The Labute approximate surface area is 142 Å². The summed E-state index contributed by atoms with van der Waals surface area (Å²) >= 11 is 0. The van der Waals surface area contributed by atoms with Gasteiger partial charge in [-0.25, -0.2) is 4.79 Å². The maximum absolute atomic E-state index is 11.7. The molecule has 2 N–H and O–H groups in total. The number of carbonyl (C=O) groups is 1. The standard InChI is InChI=1S/C16H14N6O3/c1-2-9-24-15(23)12-5-3-11(4-6-12)14-8-7-13(25-14)10-18-22-16(17)19-20-21-22/h2-8,10H,1,9H2,(H2,17,19,21)/b18-10+. The number of esters is 1. The minimum absolute atomic E-state index is 0.0713. The maximum atomic E-state index is 11.7. The first kappa shape index (κ1) is 16.1. The number of nitrogen functional groups attached to an aromatic ring is 1. The number of tetrazole rings is 1. The molecule has 0 unspecified atom stereocenters. The summed E-state index contributed by atoms with van der Waals surface area (Å²) in [5.74, 6) is 0.788. The SMILES string of the molecule is C=CCOC(=O)c1ccc(-c2ccc(/C=N/n3nnnc3N)o2)cc1. The van der Waals surface area contributed by atoms with Gasteiger partial charge in [0.05, 0.1) is 11.8 Å². The molecule has 0 atom stereocenters. The molecule has 0 aliphatic carbocycles. The summed E-state index contributed by atoms with van der Waals surface area (Å²) < 4.78 is 10.6. The van der Waals surface area contributed by atoms with E-state index in [1.807, 2.05) is 0 Å². The van der Waals surface area contributed by atoms with Crippen LogP contribution in [-0.2, 0) is 4.74 Å². The van der Waals surface area contributed by atoms with Crippen molar-refractivity contribution in [3.8, 4) is 11.3 Å². The van der Waals surface area contributed by atoms with Crippen LogP contribution in [-0.4, -0.2) is 39.1 Å². The van der Waals surface area contributed by atoms with Crippen LogP contribution in [0, 0.1) is 0 Å². The van der Waals surface area contributed by atoms with E-state index in [9.17, 15) is 4.79 Å². The molecule has 0 amide bonds. The summed E-state index contributed by atoms with van der Waals surface area (Å²) in [6.45, 7) is 3.67. The smallest absolute Gasteiger partial charge is 0.338 e. The molecular formula is C16H14N6O3. The predicted octanol–water partition coefficient (Wildman–Crippen LogP) is 1.74. The number of hydrogen-bond acceptors (Lipinski definition) is 8. The second-order valence-corrected chi connectivity index (χ2v) is 4.84. The second kappa shape index (κ2) is 7.21. The van der Waals surface area contributed by atoms with Crippen LogP contribution in [0.2, 0.25) is 0 Å². The van der Waals surface area contributed by atoms with Gasteiger partial charge in [-0.15, -0.1) is 0 Å². The maximum Gasteiger partial charge on any atom is 0.338 e. The molecule has 25 heavy (non-hydrogen) atoms. The first-order valence-electron chi connectivity index (χ1n) is 7.24. The lowest BCUT2D eigenvalue weighted by Gasteiger charge is -2.02. The minimum Gasteiger partial charge on any atom is -0.458 e. The Morgan fingerprint density at radius 2 is 2.12 bits per heavy atom. The summed E-state index contributed by atoms with van der Waals surface area (Å²) in [5, 5.41) is 14.5. The first-order valence-corrected chi connectivity index (χ1v) is 7.24. The molecule has 0 saturated heterocycles. The van der Waals surface area contributed by atoms with Crippen LogP contribution in [0.4, 0.5) is 5.95 Å². The summed E-state index contributed by atoms with van der Waals surface area (Å²) in [4.78, 5) is 12.8. The summed E-state index contributed by atoms with van der Waals surface area (Å²) in [6.07, 6.45) is 2.96. The highest BCUT2D eigenvalue weighted by atomic mass is 16.5. The molecule has 9 heteroatoms. The highest BCUT2D eigenvalue weighted by Crippen LogP contribution is 2.22. The zero-order chi connectivity index (χ0) is 17.6. The van der Waals surface area contributed by atoms with E-state index in [-0.39, 0.29) is 12.6 Å². The van der Waals surface area contributed by atoms with Crippen molar-refractivity contribution in [1.82, 2.24) is 20.3 Å². The lowest BCUT2D eigenvalue weighted by molar-refractivity contribution is 0.0550. The van der Waals surface area contributed by atoms with Crippen molar-refractivity contribution in [3.05, 3.63) is 60.4 Å². The molecule has 2 aromatic heterocycles. The minimum atomic E-state index is -0.405. The predicted molar refractivity (Wildman–Crippen MR) is 89.8 cm³/mol. The number of rotatable bonds is 6. The van der Waals surface area contributed by atoms with E-state index in [0.29, 0.717) is 17.1 Å². The highest BCUT2D eigenvalue weighted by Gasteiger charge is 2.08. The van der Waals surface area contributed by atoms with Crippen LogP contribution in [0.25, 0.3) is 11.3 Å². The number of furan rings is 1. The molecule has 2 heterocycles. The average Bonchev–Trinajstić information content (AvgIpc) is 3.27. The fraction of sp³-hybridized carbons (Fsp3) is 0.0625. The number of hydrogen-bond donors (Lipinski definition) is 1. The molecule has 0 fully saturated rings. The lowest BCUT2D eigenvalue weighted by Crippen LogP contribution is -2.04. The van der Waals surface area contributed by atoms with Gasteiger partial charge in [0.25, 0.3) is 5.95 Å². The van der Waals surface area contributed by atoms with Crippen LogP contribution in [0.5, 0.6) is 0 Å². The summed E-state index contributed by atoms with van der Waals surface area (Å²) in [6, 6.07) is 10.4. The van der Waals surface area contributed by atoms with Gasteiger partial charge in [0.15, 0.2) is 0 Å². The Hall–Kier alpha value is -3.75. The molecule has 3 aromatic rings. The van der Waals surface area contributed by atoms with Crippen LogP contribution < -0.4 is 5.73 Å². The molecule has 9 nitrogen and oxygen atoms in total. The molecule has 0 aliphatic heterocycles. The quantitative estimate of drug-likeness (QED) is 0.412. The van der Waals surface area contributed by atoms with Crippen LogP contribution >= 0.6 is 0 Å². The van der Waals surface area contributed by atoms with Crippen molar-refractivity contribution in [3.63, 3.8) is 0 Å². The third-order valence-electron chi connectivity index (χ3n) is 3.14. The van der Waals surface area contributed by atoms with Crippen LogP contribution in [0.3, 0.4) is 0 Å². The van der Waals surface area contributed by atoms with Crippen LogP contribution in [0.1, 0.15) is 16.1 Å². The van der Waals surface area contributed by atoms with Gasteiger partial charge in [-0.2, -0.15) is 5.10 Å². The van der Waals surface area contributed by atoms with Gasteiger partial charge in [0.2, 0.25) is 0 Å². The van der Waals surface area contributed by atoms with E-state index in [1.54, 1.807) is 36.4 Å². The first-order chi connectivity index (χ1) is 12.2. The second-order valence-electron chi connectivity index (χ2n) is 4.84. The summed E-state index contributed by atoms with van der Waals surface area (Å²) in [7, 11) is 0. The van der Waals surface area contributed by atoms with E-state index >= 15 is 0 Å². The normalized spacial score (nSPS) is 10.9. The number of carbonyl (C=O) groups excluding carboxylic acids is 1. The molecule has 0 radical (unpaired) electrons. The summed E-state index contributed by atoms with van der Waals surface area (Å²) in [5.41, 5.74) is 6.77. The number of benzene rings is 1. The van der Waals surface area contributed by atoms with Gasteiger partial charge in [0.1, 0.15) is 18.1 Å². The number of nitrogens with two attached hydrogens (primary N) is 1. The molecule has 126 valence electrons. The molecule has 0 bridgehead atoms. The van der Waals surface area contributed by atoms with Gasteiger partial charge in [-0.3, -0.25) is 0 Å². The van der Waals surface area contributed by atoms with Gasteiger partial charge >= 0.3 is 5.97 Å². The monoisotopic (exact) mass is 338 g/mol. The molecule has 1 aromatic carbocycles. The Balaban J connectivity index is 1.71. The van der Waals surface area contributed by atoms with Crippen molar-refractivity contribution in [2.75, 3.05) is 12.3 Å². The molecule has 0 aliphatic rings. The Morgan fingerprint density at radius 1 is 1.32 bits per heavy atom. The fourth-order valence-corrected chi connectivity index (χ4v) is 1.95. The van der Waals surface area contributed by atoms with E-state index in [1.165, 1.54) is 12.3 Å². The molecule has 0 saturated carbocycles. The van der Waals surface area contributed by atoms with Gasteiger partial charge < -0.3 is 14.9 Å². The third kappa shape index (κ3) is 3.78. The van der Waals surface area contributed by atoms with Crippen LogP contribution in [0.15, 0.2) is 58.6 Å². The molecule has 3 rings (SSSR count). The lowest BCUT2D eigenvalue weighted by atomic mass is 10.1. The Morgan fingerprint density at radius 3 is 2.80 bits per heavy atom.